The second-order valence-corrected chi connectivity index (χ2v) is 8.04. The van der Waals surface area contributed by atoms with Gasteiger partial charge in [-0.2, -0.15) is 11.8 Å². The molecule has 0 aromatic heterocycles. The molecule has 0 amide bonds. The normalized spacial score (nSPS) is 25.6. The lowest BCUT2D eigenvalue weighted by atomic mass is 9.85. The van der Waals surface area contributed by atoms with E-state index in [-0.39, 0.29) is 5.60 Å². The highest BCUT2D eigenvalue weighted by Gasteiger charge is 2.38. The molecule has 2 saturated heterocycles. The van der Waals surface area contributed by atoms with E-state index >= 15 is 0 Å². The summed E-state index contributed by atoms with van der Waals surface area (Å²) in [6.45, 7) is 3.02. The Hall–Kier alpha value is -0.190. The molecular weight excluding hydrogens is 334 g/mol. The molecule has 2 heterocycles. The molecule has 2 fully saturated rings. The van der Waals surface area contributed by atoms with Gasteiger partial charge in [0.05, 0.1) is 5.60 Å². The van der Waals surface area contributed by atoms with Crippen molar-refractivity contribution in [1.82, 2.24) is 0 Å². The van der Waals surface area contributed by atoms with Crippen molar-refractivity contribution in [3.05, 3.63) is 28.2 Å². The van der Waals surface area contributed by atoms with Crippen LogP contribution in [0.2, 0.25) is 0 Å². The molecule has 3 rings (SSSR count). The minimum Gasteiger partial charge on any atom is -0.381 e. The van der Waals surface area contributed by atoms with E-state index < -0.39 is 0 Å². The first-order valence-electron chi connectivity index (χ1n) is 7.41. The molecule has 2 nitrogen and oxygen atoms in total. The fourth-order valence-electron chi connectivity index (χ4n) is 3.20. The van der Waals surface area contributed by atoms with Crippen molar-refractivity contribution >= 4 is 33.4 Å². The zero-order valence-electron chi connectivity index (χ0n) is 12.0. The Labute approximate surface area is 134 Å². The number of rotatable bonds is 2. The largest absolute Gasteiger partial charge is 0.381 e. The van der Waals surface area contributed by atoms with Crippen LogP contribution in [0.25, 0.3) is 0 Å². The first-order valence-corrected chi connectivity index (χ1v) is 9.36. The van der Waals surface area contributed by atoms with Crippen LogP contribution in [0.1, 0.15) is 31.2 Å². The van der Waals surface area contributed by atoms with Crippen molar-refractivity contribution in [2.24, 2.45) is 0 Å². The summed E-state index contributed by atoms with van der Waals surface area (Å²) < 4.78 is 7.32. The van der Waals surface area contributed by atoms with Gasteiger partial charge in [-0.05, 0) is 77.7 Å². The van der Waals surface area contributed by atoms with Crippen LogP contribution in [0.5, 0.6) is 0 Å². The highest BCUT2D eigenvalue weighted by molar-refractivity contribution is 9.10. The molecule has 0 aliphatic carbocycles. The van der Waals surface area contributed by atoms with E-state index in [0.717, 1.165) is 23.9 Å². The highest BCUT2D eigenvalue weighted by atomic mass is 79.9. The lowest BCUT2D eigenvalue weighted by molar-refractivity contribution is -0.0865. The summed E-state index contributed by atoms with van der Waals surface area (Å²) in [5.41, 5.74) is 2.65. The van der Waals surface area contributed by atoms with Crippen molar-refractivity contribution in [2.75, 3.05) is 23.4 Å². The van der Waals surface area contributed by atoms with Crippen LogP contribution in [0, 0.1) is 6.92 Å². The Bertz CT molecular complexity index is 468. The maximum Gasteiger partial charge on any atom is 0.0717 e. The average molecular weight is 356 g/mol. The summed E-state index contributed by atoms with van der Waals surface area (Å²) in [6.07, 6.45) is 4.68. The Kier molecular flexibility index (Phi) is 4.63. The Balaban J connectivity index is 1.68. The monoisotopic (exact) mass is 355 g/mol. The zero-order valence-corrected chi connectivity index (χ0v) is 14.4. The molecule has 1 atom stereocenters. The summed E-state index contributed by atoms with van der Waals surface area (Å²) in [6, 6.07) is 7.05. The average Bonchev–Trinajstić information content (AvgIpc) is 2.43. The molecule has 0 saturated carbocycles. The number of hydrogen-bond donors (Lipinski definition) is 1. The third kappa shape index (κ3) is 3.34. The van der Waals surface area contributed by atoms with Gasteiger partial charge in [0.25, 0.3) is 0 Å². The topological polar surface area (TPSA) is 21.3 Å². The maximum absolute atomic E-state index is 6.16. The van der Waals surface area contributed by atoms with Crippen LogP contribution in [-0.2, 0) is 4.74 Å². The summed E-state index contributed by atoms with van der Waals surface area (Å²) in [7, 11) is 0. The summed E-state index contributed by atoms with van der Waals surface area (Å²) in [5.74, 6) is 2.50. The standard InChI is InChI=1S/C16H22BrNOS/c1-12-2-3-15(14(17)10-12)18-13-4-7-19-16(11-13)5-8-20-9-6-16/h2-3,10,13,18H,4-9,11H2,1H3. The molecule has 0 radical (unpaired) electrons. The molecule has 2 aliphatic rings. The number of thioether (sulfide) groups is 1. The Morgan fingerprint density at radius 1 is 1.35 bits per heavy atom. The Morgan fingerprint density at radius 2 is 2.15 bits per heavy atom. The lowest BCUT2D eigenvalue weighted by Crippen LogP contribution is -2.46. The molecule has 20 heavy (non-hydrogen) atoms. The van der Waals surface area contributed by atoms with Crippen LogP contribution in [0.4, 0.5) is 5.69 Å². The number of halogens is 1. The van der Waals surface area contributed by atoms with Crippen molar-refractivity contribution in [2.45, 2.75) is 44.2 Å². The Morgan fingerprint density at radius 3 is 2.90 bits per heavy atom. The van der Waals surface area contributed by atoms with Crippen LogP contribution < -0.4 is 5.32 Å². The molecule has 1 N–H and O–H groups in total. The minimum absolute atomic E-state index is 0.151. The van der Waals surface area contributed by atoms with E-state index in [9.17, 15) is 0 Å². The van der Waals surface area contributed by atoms with Crippen molar-refractivity contribution in [3.63, 3.8) is 0 Å². The van der Waals surface area contributed by atoms with Crippen molar-refractivity contribution in [1.29, 1.82) is 0 Å². The second kappa shape index (κ2) is 6.29. The van der Waals surface area contributed by atoms with E-state index in [1.54, 1.807) is 0 Å². The van der Waals surface area contributed by atoms with Crippen LogP contribution >= 0.6 is 27.7 Å². The van der Waals surface area contributed by atoms with Gasteiger partial charge in [-0.1, -0.05) is 6.07 Å². The first-order chi connectivity index (χ1) is 9.67. The van der Waals surface area contributed by atoms with Gasteiger partial charge in [-0.15, -0.1) is 0 Å². The van der Waals surface area contributed by atoms with Gasteiger partial charge in [0.2, 0.25) is 0 Å². The minimum atomic E-state index is 0.151. The third-order valence-electron chi connectivity index (χ3n) is 4.38. The van der Waals surface area contributed by atoms with Crippen LogP contribution in [0.3, 0.4) is 0 Å². The molecule has 1 aromatic carbocycles. The molecule has 0 bridgehead atoms. The summed E-state index contributed by atoms with van der Waals surface area (Å²) >= 11 is 5.73. The fraction of sp³-hybridized carbons (Fsp3) is 0.625. The second-order valence-electron chi connectivity index (χ2n) is 5.96. The number of aryl methyl sites for hydroxylation is 1. The quantitative estimate of drug-likeness (QED) is 0.836. The molecule has 1 aromatic rings. The van der Waals surface area contributed by atoms with E-state index in [4.69, 9.17) is 4.74 Å². The molecule has 4 heteroatoms. The maximum atomic E-state index is 6.16. The van der Waals surface area contributed by atoms with Gasteiger partial charge in [0.1, 0.15) is 0 Å². The smallest absolute Gasteiger partial charge is 0.0717 e. The molecule has 1 spiro atoms. The molecular formula is C16H22BrNOS. The van der Waals surface area contributed by atoms with E-state index in [0.29, 0.717) is 6.04 Å². The number of ether oxygens (including phenoxy) is 1. The summed E-state index contributed by atoms with van der Waals surface area (Å²) in [4.78, 5) is 0. The number of anilines is 1. The number of benzene rings is 1. The molecule has 2 aliphatic heterocycles. The van der Waals surface area contributed by atoms with Gasteiger partial charge < -0.3 is 10.1 Å². The van der Waals surface area contributed by atoms with Crippen molar-refractivity contribution in [3.8, 4) is 0 Å². The SMILES string of the molecule is Cc1ccc(NC2CCOC3(CCSCC3)C2)c(Br)c1. The lowest BCUT2D eigenvalue weighted by Gasteiger charge is -2.43. The predicted molar refractivity (Wildman–Crippen MR) is 90.8 cm³/mol. The molecule has 1 unspecified atom stereocenters. The molecule has 110 valence electrons. The van der Waals surface area contributed by atoms with Crippen LogP contribution in [-0.4, -0.2) is 29.8 Å². The number of hydrogen-bond acceptors (Lipinski definition) is 3. The zero-order chi connectivity index (χ0) is 14.0. The van der Waals surface area contributed by atoms with Gasteiger partial charge in [0.15, 0.2) is 0 Å². The highest BCUT2D eigenvalue weighted by Crippen LogP contribution is 2.38. The number of nitrogens with one attached hydrogen (secondary N) is 1. The van der Waals surface area contributed by atoms with E-state index in [1.165, 1.54) is 35.6 Å². The predicted octanol–water partition coefficient (Wildman–Crippen LogP) is 4.61. The van der Waals surface area contributed by atoms with Gasteiger partial charge in [-0.3, -0.25) is 0 Å². The van der Waals surface area contributed by atoms with Gasteiger partial charge in [-0.25, -0.2) is 0 Å². The first kappa shape index (κ1) is 14.7. The van der Waals surface area contributed by atoms with Crippen LogP contribution in [0.15, 0.2) is 22.7 Å². The van der Waals surface area contributed by atoms with Crippen molar-refractivity contribution < 1.29 is 4.74 Å². The van der Waals surface area contributed by atoms with E-state index in [1.807, 2.05) is 0 Å². The fourth-order valence-corrected chi connectivity index (χ4v) is 5.04. The van der Waals surface area contributed by atoms with E-state index in [2.05, 4.69) is 58.1 Å². The van der Waals surface area contributed by atoms with Gasteiger partial charge >= 0.3 is 0 Å². The third-order valence-corrected chi connectivity index (χ3v) is 6.02. The summed E-state index contributed by atoms with van der Waals surface area (Å²) in [5, 5.41) is 3.71. The van der Waals surface area contributed by atoms with Gasteiger partial charge in [0, 0.05) is 22.8 Å².